The van der Waals surface area contributed by atoms with E-state index in [0.717, 1.165) is 5.56 Å². The Kier molecular flexibility index (Phi) is 4.19. The number of hydrogen-bond acceptors (Lipinski definition) is 1. The van der Waals surface area contributed by atoms with E-state index in [2.05, 4.69) is 0 Å². The van der Waals surface area contributed by atoms with Gasteiger partial charge >= 0.3 is 0 Å². The van der Waals surface area contributed by atoms with Crippen LogP contribution in [0.25, 0.3) is 0 Å². The molecule has 72 valence electrons. The molecule has 1 aromatic rings. The van der Waals surface area contributed by atoms with Crippen LogP contribution in [-0.2, 0) is 0 Å². The van der Waals surface area contributed by atoms with E-state index in [1.165, 1.54) is 12.1 Å². The highest BCUT2D eigenvalue weighted by atomic mass is 35.5. The molecule has 0 spiro atoms. The van der Waals surface area contributed by atoms with Gasteiger partial charge in [-0.3, -0.25) is 0 Å². The topological polar surface area (TPSA) is 20.2 Å². The van der Waals surface area contributed by atoms with Gasteiger partial charge in [-0.15, -0.1) is 11.6 Å². The van der Waals surface area contributed by atoms with Crippen LogP contribution in [-0.4, -0.2) is 17.6 Å². The van der Waals surface area contributed by atoms with Crippen molar-refractivity contribution in [3.05, 3.63) is 35.6 Å². The maximum Gasteiger partial charge on any atom is 0.123 e. The minimum atomic E-state index is -0.249. The Bertz CT molecular complexity index is 248. The summed E-state index contributed by atoms with van der Waals surface area (Å²) in [6, 6.07) is 6.23. The Morgan fingerprint density at radius 3 is 2.38 bits per heavy atom. The summed E-state index contributed by atoms with van der Waals surface area (Å²) in [5, 5.41) is 8.75. The molecule has 0 amide bonds. The predicted octanol–water partition coefficient (Wildman–Crippen LogP) is 2.53. The van der Waals surface area contributed by atoms with Crippen molar-refractivity contribution in [3.8, 4) is 0 Å². The molecule has 0 fully saturated rings. The quantitative estimate of drug-likeness (QED) is 0.744. The molecule has 0 aliphatic carbocycles. The molecule has 1 N–H and O–H groups in total. The van der Waals surface area contributed by atoms with Crippen LogP contribution in [0.3, 0.4) is 0 Å². The molecule has 0 radical (unpaired) electrons. The zero-order valence-corrected chi connectivity index (χ0v) is 7.97. The van der Waals surface area contributed by atoms with Gasteiger partial charge in [-0.05, 0) is 30.0 Å². The van der Waals surface area contributed by atoms with Gasteiger partial charge in [0.15, 0.2) is 0 Å². The van der Waals surface area contributed by atoms with Crippen molar-refractivity contribution in [1.82, 2.24) is 0 Å². The van der Waals surface area contributed by atoms with Crippen molar-refractivity contribution >= 4 is 11.6 Å². The standard InChI is InChI=1S/C10H12ClFO/c11-7-9(5-6-13)8-1-3-10(12)4-2-8/h1-4,9,13H,5-7H2. The summed E-state index contributed by atoms with van der Waals surface area (Å²) >= 11 is 5.72. The highest BCUT2D eigenvalue weighted by Crippen LogP contribution is 2.20. The number of alkyl halides is 1. The zero-order valence-electron chi connectivity index (χ0n) is 7.21. The van der Waals surface area contributed by atoms with Gasteiger partial charge in [-0.25, -0.2) is 4.39 Å². The van der Waals surface area contributed by atoms with E-state index < -0.39 is 0 Å². The smallest absolute Gasteiger partial charge is 0.123 e. The van der Waals surface area contributed by atoms with Gasteiger partial charge in [0.1, 0.15) is 5.82 Å². The van der Waals surface area contributed by atoms with Crippen molar-refractivity contribution < 1.29 is 9.50 Å². The second-order valence-corrected chi connectivity index (χ2v) is 3.22. The molecule has 1 rings (SSSR count). The Morgan fingerprint density at radius 2 is 1.92 bits per heavy atom. The fraction of sp³-hybridized carbons (Fsp3) is 0.400. The molecule has 1 atom stereocenters. The van der Waals surface area contributed by atoms with Crippen molar-refractivity contribution in [3.63, 3.8) is 0 Å². The maximum atomic E-state index is 12.6. The Labute approximate surface area is 82.2 Å². The predicted molar refractivity (Wildman–Crippen MR) is 51.6 cm³/mol. The van der Waals surface area contributed by atoms with Gasteiger partial charge in [0.25, 0.3) is 0 Å². The van der Waals surface area contributed by atoms with Crippen molar-refractivity contribution in [2.24, 2.45) is 0 Å². The number of rotatable bonds is 4. The molecule has 0 aliphatic heterocycles. The first-order chi connectivity index (χ1) is 6.27. The third kappa shape index (κ3) is 2.98. The van der Waals surface area contributed by atoms with Crippen LogP contribution in [0, 0.1) is 5.82 Å². The van der Waals surface area contributed by atoms with Gasteiger partial charge in [0, 0.05) is 12.5 Å². The van der Waals surface area contributed by atoms with E-state index in [1.807, 2.05) is 0 Å². The molecule has 13 heavy (non-hydrogen) atoms. The average Bonchev–Trinajstić information content (AvgIpc) is 2.16. The molecular weight excluding hydrogens is 191 g/mol. The molecule has 3 heteroatoms. The average molecular weight is 203 g/mol. The van der Waals surface area contributed by atoms with Crippen LogP contribution in [0.4, 0.5) is 4.39 Å². The third-order valence-electron chi connectivity index (χ3n) is 2.01. The lowest BCUT2D eigenvalue weighted by atomic mass is 9.98. The molecule has 0 saturated heterocycles. The van der Waals surface area contributed by atoms with E-state index >= 15 is 0 Å². The molecule has 1 aromatic carbocycles. The third-order valence-corrected chi connectivity index (χ3v) is 2.38. The number of halogens is 2. The van der Waals surface area contributed by atoms with Crippen LogP contribution < -0.4 is 0 Å². The number of aliphatic hydroxyl groups excluding tert-OH is 1. The van der Waals surface area contributed by atoms with Gasteiger partial charge in [-0.2, -0.15) is 0 Å². The van der Waals surface area contributed by atoms with Crippen molar-refractivity contribution in [1.29, 1.82) is 0 Å². The summed E-state index contributed by atoms with van der Waals surface area (Å²) in [6.07, 6.45) is 0.620. The first-order valence-corrected chi connectivity index (χ1v) is 4.73. The number of hydrogen-bond donors (Lipinski definition) is 1. The minimum absolute atomic E-state index is 0.106. The van der Waals surface area contributed by atoms with Crippen LogP contribution >= 0.6 is 11.6 Å². The fourth-order valence-corrected chi connectivity index (χ4v) is 1.56. The van der Waals surface area contributed by atoms with E-state index in [-0.39, 0.29) is 18.3 Å². The molecule has 0 aromatic heterocycles. The second-order valence-electron chi connectivity index (χ2n) is 2.92. The van der Waals surface area contributed by atoms with Gasteiger partial charge in [0.05, 0.1) is 0 Å². The van der Waals surface area contributed by atoms with Crippen molar-refractivity contribution in [2.45, 2.75) is 12.3 Å². The fourth-order valence-electron chi connectivity index (χ4n) is 1.22. The van der Waals surface area contributed by atoms with Crippen molar-refractivity contribution in [2.75, 3.05) is 12.5 Å². The molecule has 1 unspecified atom stereocenters. The number of benzene rings is 1. The zero-order chi connectivity index (χ0) is 9.68. The summed E-state index contributed by atoms with van der Waals surface area (Å²) in [7, 11) is 0. The largest absolute Gasteiger partial charge is 0.396 e. The van der Waals surface area contributed by atoms with E-state index in [9.17, 15) is 4.39 Å². The normalized spacial score (nSPS) is 12.8. The molecule has 0 bridgehead atoms. The highest BCUT2D eigenvalue weighted by Gasteiger charge is 2.08. The summed E-state index contributed by atoms with van der Waals surface area (Å²) in [5.41, 5.74) is 0.977. The van der Waals surface area contributed by atoms with Crippen LogP contribution in [0.15, 0.2) is 24.3 Å². The van der Waals surface area contributed by atoms with Gasteiger partial charge in [0.2, 0.25) is 0 Å². The lowest BCUT2D eigenvalue weighted by molar-refractivity contribution is 0.279. The molecular formula is C10H12ClFO. The molecule has 0 heterocycles. The Balaban J connectivity index is 2.73. The van der Waals surface area contributed by atoms with Crippen LogP contribution in [0.1, 0.15) is 17.9 Å². The van der Waals surface area contributed by atoms with Gasteiger partial charge in [-0.1, -0.05) is 12.1 Å². The Hall–Kier alpha value is -0.600. The van der Waals surface area contributed by atoms with E-state index in [0.29, 0.717) is 12.3 Å². The first kappa shape index (κ1) is 10.5. The summed E-state index contributed by atoms with van der Waals surface area (Å²) in [4.78, 5) is 0. The molecule has 0 aliphatic rings. The van der Waals surface area contributed by atoms with Gasteiger partial charge < -0.3 is 5.11 Å². The molecule has 1 nitrogen and oxygen atoms in total. The monoisotopic (exact) mass is 202 g/mol. The van der Waals surface area contributed by atoms with Crippen LogP contribution in [0.5, 0.6) is 0 Å². The SMILES string of the molecule is OCCC(CCl)c1ccc(F)cc1. The van der Waals surface area contributed by atoms with E-state index in [1.54, 1.807) is 12.1 Å². The second kappa shape index (κ2) is 5.20. The summed E-state index contributed by atoms with van der Waals surface area (Å²) in [5.74, 6) is 0.319. The highest BCUT2D eigenvalue weighted by molar-refractivity contribution is 6.18. The maximum absolute atomic E-state index is 12.6. The van der Waals surface area contributed by atoms with E-state index in [4.69, 9.17) is 16.7 Å². The molecule has 0 saturated carbocycles. The minimum Gasteiger partial charge on any atom is -0.396 e. The van der Waals surface area contributed by atoms with Crippen LogP contribution in [0.2, 0.25) is 0 Å². The lowest BCUT2D eigenvalue weighted by Gasteiger charge is -2.12. The lowest BCUT2D eigenvalue weighted by Crippen LogP contribution is -2.03. The first-order valence-electron chi connectivity index (χ1n) is 4.20. The number of aliphatic hydroxyl groups is 1. The summed E-state index contributed by atoms with van der Waals surface area (Å²) in [6.45, 7) is 0.106. The Morgan fingerprint density at radius 1 is 1.31 bits per heavy atom. The summed E-state index contributed by atoms with van der Waals surface area (Å²) < 4.78 is 12.6.